The first-order chi connectivity index (χ1) is 16.9. The number of halogens is 3. The summed E-state index contributed by atoms with van der Waals surface area (Å²) in [6.45, 7) is 4.68. The minimum Gasteiger partial charge on any atom is -0.465 e. The maximum atomic E-state index is 12.6. The first kappa shape index (κ1) is 25.3. The minimum absolute atomic E-state index is 0.114. The van der Waals surface area contributed by atoms with Gasteiger partial charge in [-0.2, -0.15) is 0 Å². The summed E-state index contributed by atoms with van der Waals surface area (Å²) in [5.41, 5.74) is -0.241. The number of fused-ring (bicyclic) bond motifs is 1. The Morgan fingerprint density at radius 2 is 2.06 bits per heavy atom. The lowest BCUT2D eigenvalue weighted by Gasteiger charge is -2.47. The summed E-state index contributed by atoms with van der Waals surface area (Å²) in [5.74, 6) is -0.710. The number of nitrogens with zero attached hydrogens (tertiary/aromatic N) is 5. The molecule has 1 N–H and O–H groups in total. The number of benzene rings is 1. The lowest BCUT2D eigenvalue weighted by Crippen LogP contribution is -2.59. The molecule has 2 aliphatic heterocycles. The molecule has 1 amide bonds. The number of nitro groups is 1. The van der Waals surface area contributed by atoms with Crippen molar-refractivity contribution in [1.29, 1.82) is 0 Å². The largest absolute Gasteiger partial charge is 0.573 e. The number of rotatable bonds is 6. The van der Waals surface area contributed by atoms with Crippen molar-refractivity contribution in [2.45, 2.75) is 44.4 Å². The van der Waals surface area contributed by atoms with Gasteiger partial charge in [0, 0.05) is 24.6 Å². The SMILES string of the molecule is CC=CC1C(c2ccc(OC(F)(F)F)cc2)N(CC2(C)Cn3cc([N+](=O)[O-])nc3O2)CCN1C(=O)O. The lowest BCUT2D eigenvalue weighted by atomic mass is 9.91. The Kier molecular flexibility index (Phi) is 6.56. The van der Waals surface area contributed by atoms with E-state index in [1.54, 1.807) is 23.6 Å². The van der Waals surface area contributed by atoms with Crippen LogP contribution in [0.1, 0.15) is 25.5 Å². The van der Waals surface area contributed by atoms with Crippen LogP contribution in [0.15, 0.2) is 42.6 Å². The highest BCUT2D eigenvalue weighted by Crippen LogP contribution is 2.38. The molecule has 4 rings (SSSR count). The molecule has 2 aliphatic rings. The predicted octanol–water partition coefficient (Wildman–Crippen LogP) is 3.82. The molecular formula is C22H24F3N5O6. The highest BCUT2D eigenvalue weighted by molar-refractivity contribution is 5.66. The van der Waals surface area contributed by atoms with Crippen molar-refractivity contribution >= 4 is 11.9 Å². The highest BCUT2D eigenvalue weighted by atomic mass is 19.4. The number of allylic oxidation sites excluding steroid dienone is 1. The quantitative estimate of drug-likeness (QED) is 0.353. The number of aromatic nitrogens is 2. The average Bonchev–Trinajstić information content (AvgIpc) is 3.29. The fourth-order valence-corrected chi connectivity index (χ4v) is 4.79. The second kappa shape index (κ2) is 9.33. The second-order valence-electron chi connectivity index (χ2n) is 8.84. The molecule has 36 heavy (non-hydrogen) atoms. The zero-order valence-electron chi connectivity index (χ0n) is 19.4. The number of hydrogen-bond acceptors (Lipinski definition) is 7. The first-order valence-corrected chi connectivity index (χ1v) is 11.0. The highest BCUT2D eigenvalue weighted by Gasteiger charge is 2.46. The predicted molar refractivity (Wildman–Crippen MR) is 119 cm³/mol. The van der Waals surface area contributed by atoms with Gasteiger partial charge in [-0.25, -0.2) is 4.79 Å². The van der Waals surface area contributed by atoms with Gasteiger partial charge >= 0.3 is 24.3 Å². The number of carbonyl (C=O) groups is 1. The molecule has 0 aliphatic carbocycles. The Morgan fingerprint density at radius 3 is 2.61 bits per heavy atom. The van der Waals surface area contributed by atoms with Gasteiger partial charge in [0.1, 0.15) is 17.5 Å². The van der Waals surface area contributed by atoms with Crippen LogP contribution in [0.4, 0.5) is 23.8 Å². The molecule has 2 aromatic rings. The van der Waals surface area contributed by atoms with Crippen molar-refractivity contribution in [3.63, 3.8) is 0 Å². The van der Waals surface area contributed by atoms with E-state index in [2.05, 4.69) is 9.72 Å². The number of piperazine rings is 1. The number of hydrogen-bond donors (Lipinski definition) is 1. The second-order valence-corrected chi connectivity index (χ2v) is 8.84. The molecule has 0 spiro atoms. The van der Waals surface area contributed by atoms with Crippen LogP contribution in [0.2, 0.25) is 0 Å². The third-order valence-electron chi connectivity index (χ3n) is 6.09. The number of alkyl halides is 3. The van der Waals surface area contributed by atoms with Crippen molar-refractivity contribution in [2.75, 3.05) is 19.6 Å². The molecule has 14 heteroatoms. The van der Waals surface area contributed by atoms with Crippen LogP contribution in [0.25, 0.3) is 0 Å². The maximum absolute atomic E-state index is 12.6. The Bertz CT molecular complexity index is 1140. The molecule has 0 bridgehead atoms. The van der Waals surface area contributed by atoms with Crippen molar-refractivity contribution in [2.24, 2.45) is 0 Å². The molecule has 0 radical (unpaired) electrons. The standard InChI is InChI=1S/C22H24F3N5O6/c1-3-4-16-18(14-5-7-15(8-6-14)35-22(23,24)25)27(9-10-29(16)20(31)32)12-21(2)13-28-11-17(30(33)34)26-19(28)36-21/h3-8,11,16,18H,9-10,12-13H2,1-2H3,(H,31,32). The topological polar surface area (TPSA) is 123 Å². The lowest BCUT2D eigenvalue weighted by molar-refractivity contribution is -0.389. The van der Waals surface area contributed by atoms with Crippen LogP contribution in [-0.4, -0.2) is 73.1 Å². The summed E-state index contributed by atoms with van der Waals surface area (Å²) in [7, 11) is 0. The Balaban J connectivity index is 1.63. The van der Waals surface area contributed by atoms with Crippen molar-refractivity contribution in [1.82, 2.24) is 19.4 Å². The van der Waals surface area contributed by atoms with Gasteiger partial charge < -0.3 is 24.7 Å². The third kappa shape index (κ3) is 5.22. The fraction of sp³-hybridized carbons (Fsp3) is 0.455. The van der Waals surface area contributed by atoms with Crippen LogP contribution >= 0.6 is 0 Å². The molecule has 1 aromatic carbocycles. The van der Waals surface area contributed by atoms with Gasteiger partial charge in [0.05, 0.1) is 18.6 Å². The normalized spacial score (nSPS) is 24.5. The zero-order valence-corrected chi connectivity index (χ0v) is 19.4. The van der Waals surface area contributed by atoms with E-state index in [1.165, 1.54) is 35.4 Å². The summed E-state index contributed by atoms with van der Waals surface area (Å²) in [6.07, 6.45) is -1.20. The van der Waals surface area contributed by atoms with Crippen LogP contribution in [0.5, 0.6) is 11.8 Å². The van der Waals surface area contributed by atoms with Gasteiger partial charge in [0.2, 0.25) is 0 Å². The molecule has 3 atom stereocenters. The van der Waals surface area contributed by atoms with Gasteiger partial charge in [0.15, 0.2) is 0 Å². The Hall–Kier alpha value is -3.81. The molecular weight excluding hydrogens is 487 g/mol. The smallest absolute Gasteiger partial charge is 0.465 e. The maximum Gasteiger partial charge on any atom is 0.573 e. The molecule has 3 unspecified atom stereocenters. The van der Waals surface area contributed by atoms with Crippen LogP contribution in [0.3, 0.4) is 0 Å². The molecule has 1 saturated heterocycles. The summed E-state index contributed by atoms with van der Waals surface area (Å²) in [4.78, 5) is 29.6. The van der Waals surface area contributed by atoms with E-state index in [1.807, 2.05) is 11.8 Å². The number of ether oxygens (including phenoxy) is 2. The Morgan fingerprint density at radius 1 is 1.36 bits per heavy atom. The van der Waals surface area contributed by atoms with E-state index in [0.717, 1.165) is 0 Å². The van der Waals surface area contributed by atoms with Crippen molar-refractivity contribution in [3.05, 3.63) is 58.3 Å². The zero-order chi connectivity index (χ0) is 26.3. The minimum atomic E-state index is -4.83. The van der Waals surface area contributed by atoms with Gasteiger partial charge in [-0.05, 0) is 36.5 Å². The number of imidazole rings is 1. The van der Waals surface area contributed by atoms with Crippen molar-refractivity contribution < 1.29 is 37.5 Å². The number of carboxylic acid groups (broad SMARTS) is 1. The molecule has 11 nitrogen and oxygen atoms in total. The number of amides is 1. The summed E-state index contributed by atoms with van der Waals surface area (Å²) in [5, 5.41) is 20.8. The molecule has 1 aromatic heterocycles. The monoisotopic (exact) mass is 511 g/mol. The first-order valence-electron chi connectivity index (χ1n) is 11.0. The van der Waals surface area contributed by atoms with Crippen LogP contribution < -0.4 is 9.47 Å². The average molecular weight is 511 g/mol. The van der Waals surface area contributed by atoms with Gasteiger partial charge in [0.25, 0.3) is 0 Å². The summed E-state index contributed by atoms with van der Waals surface area (Å²) >= 11 is 0. The molecule has 1 fully saturated rings. The van der Waals surface area contributed by atoms with E-state index < -0.39 is 35.1 Å². The van der Waals surface area contributed by atoms with E-state index in [4.69, 9.17) is 4.74 Å². The molecule has 194 valence electrons. The fourth-order valence-electron chi connectivity index (χ4n) is 4.79. The van der Waals surface area contributed by atoms with E-state index >= 15 is 0 Å². The van der Waals surface area contributed by atoms with Crippen LogP contribution in [-0.2, 0) is 6.54 Å². The van der Waals surface area contributed by atoms with Crippen LogP contribution in [0, 0.1) is 10.1 Å². The Labute approximate surface area is 203 Å². The van der Waals surface area contributed by atoms with E-state index in [9.17, 15) is 33.2 Å². The van der Waals surface area contributed by atoms with Gasteiger partial charge in [-0.15, -0.1) is 13.2 Å². The van der Waals surface area contributed by atoms with Gasteiger partial charge in [-0.3, -0.25) is 14.4 Å². The summed E-state index contributed by atoms with van der Waals surface area (Å²) < 4.78 is 49.3. The molecule has 0 saturated carbocycles. The summed E-state index contributed by atoms with van der Waals surface area (Å²) in [6, 6.07) is 4.28. The van der Waals surface area contributed by atoms with E-state index in [0.29, 0.717) is 18.7 Å². The third-order valence-corrected chi connectivity index (χ3v) is 6.09. The van der Waals surface area contributed by atoms with Crippen molar-refractivity contribution in [3.8, 4) is 11.8 Å². The van der Waals surface area contributed by atoms with Gasteiger partial charge in [-0.1, -0.05) is 24.3 Å². The molecule has 3 heterocycles. The van der Waals surface area contributed by atoms with E-state index in [-0.39, 0.29) is 30.7 Å².